The van der Waals surface area contributed by atoms with Crippen LogP contribution in [-0.2, 0) is 24.2 Å². The van der Waals surface area contributed by atoms with Gasteiger partial charge in [-0.25, -0.2) is 0 Å². The van der Waals surface area contributed by atoms with E-state index in [9.17, 15) is 4.79 Å². The minimum atomic E-state index is -0.296. The number of carbonyl (C=O) groups is 1. The lowest BCUT2D eigenvalue weighted by molar-refractivity contribution is -0.117. The van der Waals surface area contributed by atoms with E-state index in [0.717, 1.165) is 42.6 Å². The van der Waals surface area contributed by atoms with Crippen LogP contribution in [0.2, 0.25) is 5.02 Å². The highest BCUT2D eigenvalue weighted by Crippen LogP contribution is 2.46. The molecule has 4 heteroatoms. The van der Waals surface area contributed by atoms with Crippen LogP contribution in [0.15, 0.2) is 42.5 Å². The van der Waals surface area contributed by atoms with Gasteiger partial charge in [0, 0.05) is 34.1 Å². The molecule has 3 nitrogen and oxygen atoms in total. The molecule has 0 saturated carbocycles. The summed E-state index contributed by atoms with van der Waals surface area (Å²) in [5.41, 5.74) is 12.9. The Kier molecular flexibility index (Phi) is 4.51. The fourth-order valence-corrected chi connectivity index (χ4v) is 4.55. The molecule has 0 radical (unpaired) electrons. The zero-order valence-electron chi connectivity index (χ0n) is 15.9. The predicted molar refractivity (Wildman–Crippen MR) is 112 cm³/mol. The van der Waals surface area contributed by atoms with Crippen molar-refractivity contribution in [2.24, 2.45) is 11.1 Å². The number of carbonyl (C=O) groups excluding carboxylic acids is 1. The molecule has 1 aromatic carbocycles. The van der Waals surface area contributed by atoms with Crippen molar-refractivity contribution in [1.29, 1.82) is 0 Å². The fraction of sp³-hybridized carbons (Fsp3) is 0.348. The molecular weight excluding hydrogens is 356 g/mol. The van der Waals surface area contributed by atoms with Crippen LogP contribution >= 0.6 is 11.6 Å². The molecule has 0 unspecified atom stereocenters. The molecule has 1 aromatic heterocycles. The summed E-state index contributed by atoms with van der Waals surface area (Å²) in [7, 11) is 0. The van der Waals surface area contributed by atoms with Crippen LogP contribution in [0, 0.1) is 5.41 Å². The van der Waals surface area contributed by atoms with Crippen LogP contribution in [0.3, 0.4) is 0 Å². The summed E-state index contributed by atoms with van der Waals surface area (Å²) in [5.74, 6) is -0.296. The lowest BCUT2D eigenvalue weighted by Crippen LogP contribution is -2.19. The molecule has 2 aromatic rings. The smallest absolute Gasteiger partial charge is 0.223 e. The third-order valence-electron chi connectivity index (χ3n) is 5.47. The predicted octanol–water partition coefficient (Wildman–Crippen LogP) is 5.15. The van der Waals surface area contributed by atoms with Gasteiger partial charge >= 0.3 is 0 Å². The van der Waals surface area contributed by atoms with E-state index < -0.39 is 0 Å². The average molecular weight is 381 g/mol. The maximum absolute atomic E-state index is 11.9. The normalized spacial score (nSPS) is 17.7. The summed E-state index contributed by atoms with van der Waals surface area (Å²) in [6.07, 6.45) is 10.1. The van der Waals surface area contributed by atoms with Crippen LogP contribution in [0.4, 0.5) is 0 Å². The lowest BCUT2D eigenvalue weighted by atomic mass is 9.85. The average Bonchev–Trinajstić information content (AvgIpc) is 3.07. The SMILES string of the molecule is CC1(C)Cc2c(C3=CCCC=C3)c(-c3ccc(Cl)cc3)c(CC(N)=O)n2C1. The maximum Gasteiger partial charge on any atom is 0.223 e. The monoisotopic (exact) mass is 380 g/mol. The molecule has 27 heavy (non-hydrogen) atoms. The summed E-state index contributed by atoms with van der Waals surface area (Å²) in [6, 6.07) is 7.90. The number of aromatic nitrogens is 1. The van der Waals surface area contributed by atoms with E-state index in [4.69, 9.17) is 17.3 Å². The molecule has 0 saturated heterocycles. The lowest BCUT2D eigenvalue weighted by Gasteiger charge is -2.19. The van der Waals surface area contributed by atoms with Crippen LogP contribution < -0.4 is 5.73 Å². The van der Waals surface area contributed by atoms with E-state index >= 15 is 0 Å². The summed E-state index contributed by atoms with van der Waals surface area (Å²) >= 11 is 6.12. The van der Waals surface area contributed by atoms with Gasteiger partial charge in [-0.2, -0.15) is 0 Å². The first-order chi connectivity index (χ1) is 12.9. The van der Waals surface area contributed by atoms with Gasteiger partial charge in [-0.3, -0.25) is 4.79 Å². The van der Waals surface area contributed by atoms with Crippen LogP contribution in [0.5, 0.6) is 0 Å². The van der Waals surface area contributed by atoms with Crippen molar-refractivity contribution in [2.45, 2.75) is 46.1 Å². The van der Waals surface area contributed by atoms with Gasteiger partial charge in [0.05, 0.1) is 6.42 Å². The number of hydrogen-bond donors (Lipinski definition) is 1. The first kappa shape index (κ1) is 18.1. The summed E-state index contributed by atoms with van der Waals surface area (Å²) in [4.78, 5) is 11.9. The number of benzene rings is 1. The van der Waals surface area contributed by atoms with Gasteiger partial charge in [0.25, 0.3) is 0 Å². The van der Waals surface area contributed by atoms with E-state index in [1.54, 1.807) is 0 Å². The number of amides is 1. The minimum absolute atomic E-state index is 0.175. The Labute approximate surface area is 165 Å². The topological polar surface area (TPSA) is 48.0 Å². The van der Waals surface area contributed by atoms with Gasteiger partial charge in [-0.15, -0.1) is 0 Å². The standard InChI is InChI=1S/C23H25ClN2O/c1-23(2)13-19-22(15-6-4-3-5-7-15)21(16-8-10-17(24)11-9-16)18(12-20(25)27)26(19)14-23/h4,6-11H,3,5,12-14H2,1-2H3,(H2,25,27). The van der Waals surface area contributed by atoms with Crippen molar-refractivity contribution in [1.82, 2.24) is 4.57 Å². The van der Waals surface area contributed by atoms with Gasteiger partial charge in [0.2, 0.25) is 5.91 Å². The van der Waals surface area contributed by atoms with Gasteiger partial charge in [-0.05, 0) is 47.9 Å². The van der Waals surface area contributed by atoms with E-state index in [-0.39, 0.29) is 17.7 Å². The van der Waals surface area contributed by atoms with Crippen molar-refractivity contribution in [3.8, 4) is 11.1 Å². The Hall–Kier alpha value is -2.26. The molecule has 0 spiro atoms. The molecule has 0 atom stereocenters. The Balaban J connectivity index is 2.00. The molecule has 2 aliphatic rings. The van der Waals surface area contributed by atoms with Crippen LogP contribution in [0.25, 0.3) is 16.7 Å². The van der Waals surface area contributed by atoms with Crippen molar-refractivity contribution >= 4 is 23.1 Å². The van der Waals surface area contributed by atoms with Crippen molar-refractivity contribution < 1.29 is 4.79 Å². The molecule has 4 rings (SSSR count). The van der Waals surface area contributed by atoms with Gasteiger partial charge < -0.3 is 10.3 Å². The highest BCUT2D eigenvalue weighted by molar-refractivity contribution is 6.30. The van der Waals surface area contributed by atoms with Crippen LogP contribution in [-0.4, -0.2) is 10.5 Å². The highest BCUT2D eigenvalue weighted by atomic mass is 35.5. The van der Waals surface area contributed by atoms with Crippen molar-refractivity contribution in [3.05, 3.63) is 64.5 Å². The third-order valence-corrected chi connectivity index (χ3v) is 5.72. The van der Waals surface area contributed by atoms with Gasteiger partial charge in [0.15, 0.2) is 0 Å². The molecule has 1 aliphatic heterocycles. The molecule has 140 valence electrons. The van der Waals surface area contributed by atoms with Crippen molar-refractivity contribution in [3.63, 3.8) is 0 Å². The van der Waals surface area contributed by atoms with E-state index in [1.165, 1.54) is 16.8 Å². The Morgan fingerprint density at radius 1 is 1.19 bits per heavy atom. The number of nitrogens with two attached hydrogens (primary N) is 1. The summed E-state index contributed by atoms with van der Waals surface area (Å²) in [6.45, 7) is 5.47. The molecule has 0 fully saturated rings. The fourth-order valence-electron chi connectivity index (χ4n) is 4.42. The molecule has 2 heterocycles. The third kappa shape index (κ3) is 3.37. The number of rotatable bonds is 4. The largest absolute Gasteiger partial charge is 0.369 e. The van der Waals surface area contributed by atoms with E-state index in [1.807, 2.05) is 24.3 Å². The number of fused-ring (bicyclic) bond motifs is 1. The summed E-state index contributed by atoms with van der Waals surface area (Å²) < 4.78 is 2.34. The van der Waals surface area contributed by atoms with E-state index in [2.05, 4.69) is 36.6 Å². The molecule has 1 aliphatic carbocycles. The zero-order valence-corrected chi connectivity index (χ0v) is 16.6. The number of halogens is 1. The summed E-state index contributed by atoms with van der Waals surface area (Å²) in [5, 5.41) is 0.710. The van der Waals surface area contributed by atoms with Crippen molar-refractivity contribution in [2.75, 3.05) is 0 Å². The first-order valence-electron chi connectivity index (χ1n) is 9.51. The van der Waals surface area contributed by atoms with Crippen LogP contribution in [0.1, 0.15) is 43.6 Å². The highest BCUT2D eigenvalue weighted by Gasteiger charge is 2.36. The Morgan fingerprint density at radius 2 is 1.93 bits per heavy atom. The Bertz CT molecular complexity index is 961. The van der Waals surface area contributed by atoms with Gasteiger partial charge in [-0.1, -0.05) is 55.8 Å². The first-order valence-corrected chi connectivity index (χ1v) is 9.89. The zero-order chi connectivity index (χ0) is 19.2. The molecular formula is C23H25ClN2O. The molecule has 1 amide bonds. The Morgan fingerprint density at radius 3 is 2.56 bits per heavy atom. The minimum Gasteiger partial charge on any atom is -0.369 e. The quantitative estimate of drug-likeness (QED) is 0.783. The number of primary amides is 1. The molecule has 0 bridgehead atoms. The number of nitrogens with zero attached hydrogens (tertiary/aromatic N) is 1. The second-order valence-corrected chi connectivity index (χ2v) is 8.80. The second-order valence-electron chi connectivity index (χ2n) is 8.36. The number of allylic oxidation sites excluding steroid dienone is 4. The number of hydrogen-bond acceptors (Lipinski definition) is 1. The van der Waals surface area contributed by atoms with E-state index in [0.29, 0.717) is 5.02 Å². The second kappa shape index (κ2) is 6.72. The maximum atomic E-state index is 11.9. The van der Waals surface area contributed by atoms with Gasteiger partial charge in [0.1, 0.15) is 0 Å². The molecule has 2 N–H and O–H groups in total.